The Bertz CT molecular complexity index is 584. The number of β-amino-alcohol motifs (C(OH)–C–C–N with tert-alkyl or cyclic N) is 1. The first kappa shape index (κ1) is 17.4. The zero-order valence-corrected chi connectivity index (χ0v) is 14.4. The van der Waals surface area contributed by atoms with E-state index in [0.717, 1.165) is 24.1 Å². The molecule has 2 unspecified atom stereocenters. The fourth-order valence-corrected chi connectivity index (χ4v) is 4.32. The molecular formula is C16H26N2O3S. The van der Waals surface area contributed by atoms with E-state index in [4.69, 9.17) is 0 Å². The van der Waals surface area contributed by atoms with Gasteiger partial charge in [-0.15, -0.1) is 0 Å². The summed E-state index contributed by atoms with van der Waals surface area (Å²) in [5.41, 5.74) is 2.04. The lowest BCUT2D eigenvalue weighted by Crippen LogP contribution is -2.47. The summed E-state index contributed by atoms with van der Waals surface area (Å²) in [7, 11) is -0.0713. The Hall–Kier alpha value is -0.950. The summed E-state index contributed by atoms with van der Waals surface area (Å²) in [5.74, 6) is 0. The van der Waals surface area contributed by atoms with E-state index >= 15 is 0 Å². The van der Waals surface area contributed by atoms with Crippen molar-refractivity contribution in [1.29, 1.82) is 0 Å². The Morgan fingerprint density at radius 1 is 1.32 bits per heavy atom. The van der Waals surface area contributed by atoms with Gasteiger partial charge in [-0.1, -0.05) is 29.8 Å². The molecule has 1 fully saturated rings. The van der Waals surface area contributed by atoms with Gasteiger partial charge in [0.25, 0.3) is 0 Å². The zero-order valence-electron chi connectivity index (χ0n) is 13.6. The van der Waals surface area contributed by atoms with Gasteiger partial charge >= 0.3 is 0 Å². The number of aliphatic hydroxyl groups is 1. The molecule has 1 aromatic rings. The van der Waals surface area contributed by atoms with E-state index in [0.29, 0.717) is 19.5 Å². The van der Waals surface area contributed by atoms with Crippen molar-refractivity contribution in [3.63, 3.8) is 0 Å². The standard InChI is InChI=1S/C16H26N2O3S/c1-13-6-8-14(9-7-13)16(19)12-18-10-4-5-15(11-18)22(20,21)17(2)3/h6-9,15-16,19H,4-5,10-12H2,1-3H3. The molecule has 0 aromatic heterocycles. The fraction of sp³-hybridized carbons (Fsp3) is 0.625. The number of nitrogens with zero attached hydrogens (tertiary/aromatic N) is 2. The summed E-state index contributed by atoms with van der Waals surface area (Å²) >= 11 is 0. The van der Waals surface area contributed by atoms with Gasteiger partial charge in [-0.05, 0) is 31.9 Å². The first-order valence-electron chi connectivity index (χ1n) is 7.69. The molecule has 0 radical (unpaired) electrons. The Kier molecular flexibility index (Phi) is 5.60. The number of aliphatic hydroxyl groups excluding tert-OH is 1. The van der Waals surface area contributed by atoms with Crippen LogP contribution in [0.5, 0.6) is 0 Å². The monoisotopic (exact) mass is 326 g/mol. The molecule has 22 heavy (non-hydrogen) atoms. The lowest BCUT2D eigenvalue weighted by Gasteiger charge is -2.34. The smallest absolute Gasteiger partial charge is 0.217 e. The van der Waals surface area contributed by atoms with Crippen LogP contribution in [-0.2, 0) is 10.0 Å². The molecule has 5 nitrogen and oxygen atoms in total. The third kappa shape index (κ3) is 4.07. The van der Waals surface area contributed by atoms with Crippen LogP contribution in [0, 0.1) is 6.92 Å². The van der Waals surface area contributed by atoms with Gasteiger partial charge in [0, 0.05) is 27.2 Å². The molecule has 1 aromatic carbocycles. The van der Waals surface area contributed by atoms with Crippen molar-refractivity contribution in [2.24, 2.45) is 0 Å². The molecule has 1 N–H and O–H groups in total. The molecule has 2 atom stereocenters. The average molecular weight is 326 g/mol. The second-order valence-corrected chi connectivity index (χ2v) is 8.70. The van der Waals surface area contributed by atoms with Gasteiger partial charge in [-0.3, -0.25) is 4.90 Å². The maximum Gasteiger partial charge on any atom is 0.217 e. The average Bonchev–Trinajstić information content (AvgIpc) is 2.48. The highest BCUT2D eigenvalue weighted by atomic mass is 32.2. The highest BCUT2D eigenvalue weighted by Crippen LogP contribution is 2.22. The first-order chi connectivity index (χ1) is 10.3. The minimum Gasteiger partial charge on any atom is -0.387 e. The van der Waals surface area contributed by atoms with Crippen LogP contribution in [0.25, 0.3) is 0 Å². The SMILES string of the molecule is Cc1ccc(C(O)CN2CCCC(S(=O)(=O)N(C)C)C2)cc1. The summed E-state index contributed by atoms with van der Waals surface area (Å²) in [6.45, 7) is 3.81. The summed E-state index contributed by atoms with van der Waals surface area (Å²) in [6, 6.07) is 7.82. The van der Waals surface area contributed by atoms with E-state index in [2.05, 4.69) is 4.90 Å². The van der Waals surface area contributed by atoms with Crippen molar-refractivity contribution in [3.8, 4) is 0 Å². The van der Waals surface area contributed by atoms with Crippen LogP contribution in [0.2, 0.25) is 0 Å². The lowest BCUT2D eigenvalue weighted by atomic mass is 10.1. The van der Waals surface area contributed by atoms with E-state index in [-0.39, 0.29) is 5.25 Å². The second kappa shape index (κ2) is 7.08. The molecule has 1 saturated heterocycles. The largest absolute Gasteiger partial charge is 0.387 e. The van der Waals surface area contributed by atoms with Crippen molar-refractivity contribution >= 4 is 10.0 Å². The quantitative estimate of drug-likeness (QED) is 0.888. The lowest BCUT2D eigenvalue weighted by molar-refractivity contribution is 0.102. The number of hydrogen-bond donors (Lipinski definition) is 1. The van der Waals surface area contributed by atoms with E-state index < -0.39 is 16.1 Å². The Morgan fingerprint density at radius 3 is 2.55 bits per heavy atom. The number of aryl methyl sites for hydroxylation is 1. The minimum absolute atomic E-state index is 0.374. The Morgan fingerprint density at radius 2 is 1.95 bits per heavy atom. The van der Waals surface area contributed by atoms with E-state index in [1.165, 1.54) is 4.31 Å². The van der Waals surface area contributed by atoms with Gasteiger partial charge in [-0.25, -0.2) is 12.7 Å². The molecule has 0 amide bonds. The molecule has 1 aliphatic heterocycles. The second-order valence-electron chi connectivity index (χ2n) is 6.28. The number of hydrogen-bond acceptors (Lipinski definition) is 4. The number of piperidine rings is 1. The van der Waals surface area contributed by atoms with Crippen molar-refractivity contribution < 1.29 is 13.5 Å². The predicted octanol–water partition coefficient (Wildman–Crippen LogP) is 1.38. The number of sulfonamides is 1. The predicted molar refractivity (Wildman–Crippen MR) is 88.2 cm³/mol. The highest BCUT2D eigenvalue weighted by molar-refractivity contribution is 7.89. The highest BCUT2D eigenvalue weighted by Gasteiger charge is 2.32. The minimum atomic E-state index is -3.23. The molecule has 0 aliphatic carbocycles. The fourth-order valence-electron chi connectivity index (χ4n) is 2.86. The third-order valence-electron chi connectivity index (χ3n) is 4.29. The number of likely N-dealkylation sites (tertiary alicyclic amines) is 1. The molecule has 0 bridgehead atoms. The third-order valence-corrected chi connectivity index (χ3v) is 6.53. The maximum absolute atomic E-state index is 12.3. The molecular weight excluding hydrogens is 300 g/mol. The van der Waals surface area contributed by atoms with Gasteiger partial charge in [-0.2, -0.15) is 0 Å². The molecule has 0 saturated carbocycles. The normalized spacial score (nSPS) is 22.0. The first-order valence-corrected chi connectivity index (χ1v) is 9.19. The summed E-state index contributed by atoms with van der Waals surface area (Å²) in [6.07, 6.45) is 0.956. The maximum atomic E-state index is 12.3. The number of benzene rings is 1. The molecule has 0 spiro atoms. The molecule has 6 heteroatoms. The van der Waals surface area contributed by atoms with Crippen molar-refractivity contribution in [1.82, 2.24) is 9.21 Å². The Balaban J connectivity index is 2.00. The van der Waals surface area contributed by atoms with Crippen LogP contribution in [0.15, 0.2) is 24.3 Å². The van der Waals surface area contributed by atoms with Crippen molar-refractivity contribution in [3.05, 3.63) is 35.4 Å². The van der Waals surface area contributed by atoms with Crippen LogP contribution in [-0.4, -0.2) is 61.7 Å². The van der Waals surface area contributed by atoms with E-state index in [1.54, 1.807) is 14.1 Å². The molecule has 124 valence electrons. The van der Waals surface area contributed by atoms with Crippen molar-refractivity contribution in [2.45, 2.75) is 31.1 Å². The van der Waals surface area contributed by atoms with Crippen LogP contribution in [0.4, 0.5) is 0 Å². The Labute approximate surface area is 133 Å². The van der Waals surface area contributed by atoms with Gasteiger partial charge in [0.05, 0.1) is 11.4 Å². The van der Waals surface area contributed by atoms with Crippen LogP contribution >= 0.6 is 0 Å². The number of rotatable bonds is 5. The van der Waals surface area contributed by atoms with Gasteiger partial charge in [0.2, 0.25) is 10.0 Å². The topological polar surface area (TPSA) is 60.9 Å². The molecule has 1 heterocycles. The molecule has 2 rings (SSSR count). The summed E-state index contributed by atoms with van der Waals surface area (Å²) < 4.78 is 25.8. The molecule has 1 aliphatic rings. The zero-order chi connectivity index (χ0) is 16.3. The van der Waals surface area contributed by atoms with Gasteiger partial charge < -0.3 is 5.11 Å². The van der Waals surface area contributed by atoms with Gasteiger partial charge in [0.15, 0.2) is 0 Å². The van der Waals surface area contributed by atoms with Crippen molar-refractivity contribution in [2.75, 3.05) is 33.7 Å². The van der Waals surface area contributed by atoms with Crippen LogP contribution < -0.4 is 0 Å². The summed E-state index contributed by atoms with van der Waals surface area (Å²) in [5, 5.41) is 9.99. The van der Waals surface area contributed by atoms with Crippen LogP contribution in [0.1, 0.15) is 30.1 Å². The van der Waals surface area contributed by atoms with E-state index in [1.807, 2.05) is 31.2 Å². The van der Waals surface area contributed by atoms with Gasteiger partial charge in [0.1, 0.15) is 0 Å². The van der Waals surface area contributed by atoms with Crippen LogP contribution in [0.3, 0.4) is 0 Å². The summed E-state index contributed by atoms with van der Waals surface area (Å²) in [4.78, 5) is 2.06. The van der Waals surface area contributed by atoms with E-state index in [9.17, 15) is 13.5 Å².